The standard InChI is InChI=1S/C19H21NO5S/c1-13-11-20(8-4-9-24-13)18(21)15-5-2-3-6-17(15)26-12-16-14(19(22)23)7-10-25-16/h2-3,5-7,10,13H,4,8-9,11-12H2,1H3,(H,22,23). The van der Waals surface area contributed by atoms with Gasteiger partial charge in [-0.15, -0.1) is 11.8 Å². The van der Waals surface area contributed by atoms with Crippen LogP contribution in [0, 0.1) is 0 Å². The summed E-state index contributed by atoms with van der Waals surface area (Å²) in [5, 5.41) is 9.17. The number of benzene rings is 1. The number of hydrogen-bond acceptors (Lipinski definition) is 5. The van der Waals surface area contributed by atoms with Crippen LogP contribution < -0.4 is 0 Å². The maximum absolute atomic E-state index is 13.0. The third-order valence-corrected chi connectivity index (χ3v) is 5.27. The fraction of sp³-hybridized carbons (Fsp3) is 0.368. The number of furan rings is 1. The van der Waals surface area contributed by atoms with E-state index in [4.69, 9.17) is 9.15 Å². The monoisotopic (exact) mass is 375 g/mol. The molecule has 0 aliphatic carbocycles. The maximum Gasteiger partial charge on any atom is 0.339 e. The van der Waals surface area contributed by atoms with Gasteiger partial charge >= 0.3 is 5.97 Å². The molecule has 1 unspecified atom stereocenters. The Labute approximate surface area is 156 Å². The topological polar surface area (TPSA) is 80.0 Å². The predicted molar refractivity (Wildman–Crippen MR) is 97.6 cm³/mol. The van der Waals surface area contributed by atoms with Gasteiger partial charge in [0, 0.05) is 24.6 Å². The Bertz CT molecular complexity index is 788. The first-order valence-corrected chi connectivity index (χ1v) is 9.47. The summed E-state index contributed by atoms with van der Waals surface area (Å²) >= 11 is 1.40. The van der Waals surface area contributed by atoms with Gasteiger partial charge in [-0.3, -0.25) is 4.79 Å². The first kappa shape index (κ1) is 18.5. The minimum absolute atomic E-state index is 0.0162. The number of thioether (sulfide) groups is 1. The van der Waals surface area contributed by atoms with Crippen LogP contribution in [0.3, 0.4) is 0 Å². The Morgan fingerprint density at radius 1 is 1.27 bits per heavy atom. The number of ether oxygens (including phenoxy) is 1. The van der Waals surface area contributed by atoms with Crippen LogP contribution in [0.25, 0.3) is 0 Å². The van der Waals surface area contributed by atoms with Crippen LogP contribution in [-0.2, 0) is 10.5 Å². The molecule has 0 spiro atoms. The molecule has 1 aromatic carbocycles. The number of hydrogen-bond donors (Lipinski definition) is 1. The molecular formula is C19H21NO5S. The largest absolute Gasteiger partial charge is 0.478 e. The van der Waals surface area contributed by atoms with Crippen molar-refractivity contribution in [1.29, 1.82) is 0 Å². The molecule has 0 bridgehead atoms. The van der Waals surface area contributed by atoms with Crippen LogP contribution in [-0.4, -0.2) is 47.7 Å². The van der Waals surface area contributed by atoms with Crippen LogP contribution in [0.15, 0.2) is 45.9 Å². The highest BCUT2D eigenvalue weighted by molar-refractivity contribution is 7.98. The lowest BCUT2D eigenvalue weighted by molar-refractivity contribution is 0.0560. The molecule has 2 heterocycles. The number of aromatic carboxylic acids is 1. The molecule has 26 heavy (non-hydrogen) atoms. The van der Waals surface area contributed by atoms with Crippen LogP contribution in [0.4, 0.5) is 0 Å². The summed E-state index contributed by atoms with van der Waals surface area (Å²) in [5.74, 6) is -0.305. The van der Waals surface area contributed by atoms with Crippen molar-refractivity contribution in [1.82, 2.24) is 4.90 Å². The summed E-state index contributed by atoms with van der Waals surface area (Å²) in [5.41, 5.74) is 0.773. The van der Waals surface area contributed by atoms with Gasteiger partial charge in [0.25, 0.3) is 5.91 Å². The Morgan fingerprint density at radius 2 is 2.08 bits per heavy atom. The highest BCUT2D eigenvalue weighted by atomic mass is 32.2. The molecule has 3 rings (SSSR count). The second kappa shape index (κ2) is 8.42. The van der Waals surface area contributed by atoms with Gasteiger partial charge in [0.15, 0.2) is 0 Å². The van der Waals surface area contributed by atoms with Crippen molar-refractivity contribution in [3.63, 3.8) is 0 Å². The summed E-state index contributed by atoms with van der Waals surface area (Å²) < 4.78 is 10.9. The van der Waals surface area contributed by atoms with Crippen molar-refractivity contribution in [2.24, 2.45) is 0 Å². The average Bonchev–Trinajstić information content (AvgIpc) is 3.00. The van der Waals surface area contributed by atoms with Gasteiger partial charge in [-0.25, -0.2) is 4.79 Å². The minimum Gasteiger partial charge on any atom is -0.478 e. The minimum atomic E-state index is -1.02. The third kappa shape index (κ3) is 4.28. The molecule has 1 saturated heterocycles. The van der Waals surface area contributed by atoms with Crippen LogP contribution in [0.1, 0.15) is 39.8 Å². The summed E-state index contributed by atoms with van der Waals surface area (Å²) in [6.45, 7) is 3.87. The molecule has 2 aromatic rings. The molecule has 1 atom stereocenters. The Kier molecular flexibility index (Phi) is 6.00. The van der Waals surface area contributed by atoms with Crippen molar-refractivity contribution in [2.45, 2.75) is 30.1 Å². The zero-order valence-electron chi connectivity index (χ0n) is 14.5. The SMILES string of the molecule is CC1CN(C(=O)c2ccccc2SCc2occc2C(=O)O)CCCO1. The van der Waals surface area contributed by atoms with Gasteiger partial charge in [-0.2, -0.15) is 0 Å². The smallest absolute Gasteiger partial charge is 0.339 e. The summed E-state index contributed by atoms with van der Waals surface area (Å²) in [6.07, 6.45) is 2.21. The number of amides is 1. The van der Waals surface area contributed by atoms with Gasteiger partial charge in [0.05, 0.1) is 23.7 Å². The van der Waals surface area contributed by atoms with Gasteiger partial charge in [-0.05, 0) is 31.5 Å². The summed E-state index contributed by atoms with van der Waals surface area (Å²) in [7, 11) is 0. The van der Waals surface area contributed by atoms with E-state index in [2.05, 4.69) is 0 Å². The molecule has 1 amide bonds. The van der Waals surface area contributed by atoms with E-state index in [1.807, 2.05) is 30.0 Å². The molecule has 7 heteroatoms. The van der Waals surface area contributed by atoms with Crippen molar-refractivity contribution in [3.8, 4) is 0 Å². The lowest BCUT2D eigenvalue weighted by Gasteiger charge is -2.23. The quantitative estimate of drug-likeness (QED) is 0.806. The predicted octanol–water partition coefficient (Wildman–Crippen LogP) is 3.52. The molecule has 1 aliphatic heterocycles. The van der Waals surface area contributed by atoms with E-state index in [-0.39, 0.29) is 17.6 Å². The first-order valence-electron chi connectivity index (χ1n) is 8.48. The number of nitrogens with zero attached hydrogens (tertiary/aromatic N) is 1. The van der Waals surface area contributed by atoms with Crippen LogP contribution >= 0.6 is 11.8 Å². The Hall–Kier alpha value is -2.25. The molecule has 6 nitrogen and oxygen atoms in total. The van der Waals surface area contributed by atoms with E-state index in [9.17, 15) is 14.7 Å². The number of carboxylic acids is 1. The molecule has 0 saturated carbocycles. The number of carbonyl (C=O) groups excluding carboxylic acids is 1. The lowest BCUT2D eigenvalue weighted by Crippen LogP contribution is -2.36. The molecule has 0 radical (unpaired) electrons. The van der Waals surface area contributed by atoms with E-state index in [1.54, 1.807) is 6.07 Å². The molecule has 138 valence electrons. The zero-order chi connectivity index (χ0) is 18.5. The maximum atomic E-state index is 13.0. The Morgan fingerprint density at radius 3 is 2.88 bits per heavy atom. The van der Waals surface area contributed by atoms with E-state index in [0.29, 0.717) is 36.8 Å². The fourth-order valence-electron chi connectivity index (χ4n) is 2.90. The van der Waals surface area contributed by atoms with Crippen molar-refractivity contribution >= 4 is 23.6 Å². The first-order chi connectivity index (χ1) is 12.6. The molecule has 1 N–H and O–H groups in total. The van der Waals surface area contributed by atoms with E-state index < -0.39 is 5.97 Å². The van der Waals surface area contributed by atoms with E-state index in [1.165, 1.54) is 24.1 Å². The number of carboxylic acid groups (broad SMARTS) is 1. The average molecular weight is 375 g/mol. The third-order valence-electron chi connectivity index (χ3n) is 4.19. The van der Waals surface area contributed by atoms with Gasteiger partial charge in [-0.1, -0.05) is 12.1 Å². The van der Waals surface area contributed by atoms with Gasteiger partial charge in [0.2, 0.25) is 0 Å². The second-order valence-electron chi connectivity index (χ2n) is 6.13. The molecule has 1 aliphatic rings. The summed E-state index contributed by atoms with van der Waals surface area (Å²) in [6, 6.07) is 8.83. The van der Waals surface area contributed by atoms with E-state index >= 15 is 0 Å². The zero-order valence-corrected chi connectivity index (χ0v) is 15.3. The van der Waals surface area contributed by atoms with Crippen LogP contribution in [0.5, 0.6) is 0 Å². The molecular weight excluding hydrogens is 354 g/mol. The van der Waals surface area contributed by atoms with E-state index in [0.717, 1.165) is 11.3 Å². The molecule has 1 aromatic heterocycles. The Balaban J connectivity index is 1.76. The number of carbonyl (C=O) groups is 2. The summed E-state index contributed by atoms with van der Waals surface area (Å²) in [4.78, 5) is 26.8. The fourth-order valence-corrected chi connectivity index (χ4v) is 3.90. The second-order valence-corrected chi connectivity index (χ2v) is 7.15. The van der Waals surface area contributed by atoms with Crippen molar-refractivity contribution in [3.05, 3.63) is 53.5 Å². The van der Waals surface area contributed by atoms with Crippen molar-refractivity contribution in [2.75, 3.05) is 19.7 Å². The van der Waals surface area contributed by atoms with Gasteiger partial charge < -0.3 is 19.2 Å². The highest BCUT2D eigenvalue weighted by Crippen LogP contribution is 2.29. The lowest BCUT2D eigenvalue weighted by atomic mass is 10.2. The molecule has 1 fully saturated rings. The normalized spacial score (nSPS) is 17.7. The van der Waals surface area contributed by atoms with Crippen molar-refractivity contribution < 1.29 is 23.8 Å². The number of rotatable bonds is 5. The highest BCUT2D eigenvalue weighted by Gasteiger charge is 2.23. The van der Waals surface area contributed by atoms with Crippen LogP contribution in [0.2, 0.25) is 0 Å². The van der Waals surface area contributed by atoms with Gasteiger partial charge in [0.1, 0.15) is 11.3 Å².